The Morgan fingerprint density at radius 2 is 2.11 bits per heavy atom. The number of methoxy groups -OCH3 is 1. The van der Waals surface area contributed by atoms with Gasteiger partial charge in [-0.1, -0.05) is 24.3 Å². The number of thiazole rings is 1. The summed E-state index contributed by atoms with van der Waals surface area (Å²) in [6.45, 7) is 0.769. The van der Waals surface area contributed by atoms with Crippen LogP contribution < -0.4 is 5.32 Å². The van der Waals surface area contributed by atoms with E-state index in [4.69, 9.17) is 4.74 Å². The van der Waals surface area contributed by atoms with Crippen LogP contribution in [0.25, 0.3) is 11.3 Å². The van der Waals surface area contributed by atoms with E-state index < -0.39 is 0 Å². The van der Waals surface area contributed by atoms with Gasteiger partial charge in [-0.25, -0.2) is 4.98 Å². The van der Waals surface area contributed by atoms with Crippen LogP contribution in [-0.2, 0) is 11.2 Å². The highest BCUT2D eigenvalue weighted by Crippen LogP contribution is 2.29. The fourth-order valence-corrected chi connectivity index (χ4v) is 2.73. The Kier molecular flexibility index (Phi) is 3.80. The number of nitrogens with zero attached hydrogens (tertiary/aromatic N) is 1. The molecule has 3 nitrogen and oxygen atoms in total. The zero-order chi connectivity index (χ0) is 13.1. The van der Waals surface area contributed by atoms with Crippen LogP contribution in [0.1, 0.15) is 18.4 Å². The van der Waals surface area contributed by atoms with E-state index in [1.165, 1.54) is 24.0 Å². The molecule has 0 spiro atoms. The maximum Gasteiger partial charge on any atom is 0.183 e. The van der Waals surface area contributed by atoms with Crippen molar-refractivity contribution < 1.29 is 4.74 Å². The Hall–Kier alpha value is -1.39. The van der Waals surface area contributed by atoms with E-state index in [0.29, 0.717) is 6.04 Å². The highest BCUT2D eigenvalue weighted by atomic mass is 32.1. The summed E-state index contributed by atoms with van der Waals surface area (Å²) in [5, 5.41) is 6.60. The van der Waals surface area contributed by atoms with Crippen LogP contribution in [0.4, 0.5) is 5.13 Å². The van der Waals surface area contributed by atoms with Crippen molar-refractivity contribution in [1.82, 2.24) is 4.98 Å². The molecule has 1 fully saturated rings. The maximum atomic E-state index is 5.09. The third kappa shape index (κ3) is 3.33. The second-order valence-electron chi connectivity index (χ2n) is 4.90. The van der Waals surface area contributed by atoms with Gasteiger partial charge in [0.25, 0.3) is 0 Å². The van der Waals surface area contributed by atoms with Crippen LogP contribution in [-0.4, -0.2) is 24.7 Å². The van der Waals surface area contributed by atoms with E-state index in [0.717, 1.165) is 23.9 Å². The Morgan fingerprint density at radius 3 is 2.79 bits per heavy atom. The molecule has 19 heavy (non-hydrogen) atoms. The summed E-state index contributed by atoms with van der Waals surface area (Å²) in [6, 6.07) is 9.25. The van der Waals surface area contributed by atoms with Crippen LogP contribution in [0.5, 0.6) is 0 Å². The number of rotatable bonds is 6. The normalized spacial score (nSPS) is 14.6. The van der Waals surface area contributed by atoms with Crippen molar-refractivity contribution in [1.29, 1.82) is 0 Å². The standard InChI is InChI=1S/C15H18N2OS/c1-18-9-8-11-2-4-12(5-3-11)14-10-19-15(17-14)16-13-6-7-13/h2-5,10,13H,6-9H2,1H3,(H,16,17). The Morgan fingerprint density at radius 1 is 1.32 bits per heavy atom. The highest BCUT2D eigenvalue weighted by Gasteiger charge is 2.22. The average molecular weight is 274 g/mol. The van der Waals surface area contributed by atoms with Crippen LogP contribution in [0.3, 0.4) is 0 Å². The molecule has 1 heterocycles. The molecule has 2 aromatic rings. The zero-order valence-corrected chi connectivity index (χ0v) is 11.9. The lowest BCUT2D eigenvalue weighted by molar-refractivity contribution is 0.202. The van der Waals surface area contributed by atoms with Crippen molar-refractivity contribution >= 4 is 16.5 Å². The minimum absolute atomic E-state index is 0.662. The minimum atomic E-state index is 0.662. The first-order valence-corrected chi connectivity index (χ1v) is 7.53. The van der Waals surface area contributed by atoms with Gasteiger partial charge in [0.05, 0.1) is 12.3 Å². The van der Waals surface area contributed by atoms with E-state index >= 15 is 0 Å². The first-order chi connectivity index (χ1) is 9.35. The van der Waals surface area contributed by atoms with Gasteiger partial charge in [-0.3, -0.25) is 0 Å². The first kappa shape index (κ1) is 12.6. The lowest BCUT2D eigenvalue weighted by atomic mass is 10.1. The summed E-state index contributed by atoms with van der Waals surface area (Å²) < 4.78 is 5.09. The van der Waals surface area contributed by atoms with Gasteiger partial charge in [0.1, 0.15) is 0 Å². The Labute approximate surface area is 117 Å². The van der Waals surface area contributed by atoms with Crippen LogP contribution in [0.15, 0.2) is 29.6 Å². The molecule has 1 aliphatic carbocycles. The highest BCUT2D eigenvalue weighted by molar-refractivity contribution is 7.14. The summed E-state index contributed by atoms with van der Waals surface area (Å²) in [5.74, 6) is 0. The molecule has 100 valence electrons. The molecule has 4 heteroatoms. The van der Waals surface area contributed by atoms with E-state index in [1.807, 2.05) is 0 Å². The molecule has 0 saturated heterocycles. The number of benzene rings is 1. The monoisotopic (exact) mass is 274 g/mol. The number of ether oxygens (including phenoxy) is 1. The predicted octanol–water partition coefficient (Wildman–Crippen LogP) is 3.57. The summed E-state index contributed by atoms with van der Waals surface area (Å²) >= 11 is 1.69. The van der Waals surface area contributed by atoms with Gasteiger partial charge in [-0.05, 0) is 24.8 Å². The van der Waals surface area contributed by atoms with Gasteiger partial charge in [0.15, 0.2) is 5.13 Å². The van der Waals surface area contributed by atoms with E-state index in [-0.39, 0.29) is 0 Å². The van der Waals surface area contributed by atoms with Gasteiger partial charge < -0.3 is 10.1 Å². The smallest absolute Gasteiger partial charge is 0.183 e. The molecule has 1 aromatic heterocycles. The van der Waals surface area contributed by atoms with Gasteiger partial charge in [0.2, 0.25) is 0 Å². The minimum Gasteiger partial charge on any atom is -0.384 e. The summed E-state index contributed by atoms with van der Waals surface area (Å²) in [5.41, 5.74) is 3.55. The van der Waals surface area contributed by atoms with Gasteiger partial charge in [-0.15, -0.1) is 11.3 Å². The molecule has 1 aliphatic rings. The maximum absolute atomic E-state index is 5.09. The van der Waals surface area contributed by atoms with Crippen LogP contribution in [0, 0.1) is 0 Å². The summed E-state index contributed by atoms with van der Waals surface area (Å²) in [6.07, 6.45) is 3.52. The molecular weight excluding hydrogens is 256 g/mol. The lowest BCUT2D eigenvalue weighted by Gasteiger charge is -2.02. The largest absolute Gasteiger partial charge is 0.384 e. The molecular formula is C15H18N2OS. The van der Waals surface area contributed by atoms with E-state index in [1.54, 1.807) is 18.4 Å². The molecule has 0 unspecified atom stereocenters. The van der Waals surface area contributed by atoms with Crippen molar-refractivity contribution in [3.8, 4) is 11.3 Å². The molecule has 1 N–H and O–H groups in total. The van der Waals surface area contributed by atoms with Gasteiger partial charge in [-0.2, -0.15) is 0 Å². The van der Waals surface area contributed by atoms with Crippen molar-refractivity contribution in [3.63, 3.8) is 0 Å². The van der Waals surface area contributed by atoms with Gasteiger partial charge >= 0.3 is 0 Å². The van der Waals surface area contributed by atoms with Crippen molar-refractivity contribution in [2.24, 2.45) is 0 Å². The molecule has 0 bridgehead atoms. The fraction of sp³-hybridized carbons (Fsp3) is 0.400. The third-order valence-electron chi connectivity index (χ3n) is 3.25. The average Bonchev–Trinajstić information content (AvgIpc) is 3.13. The topological polar surface area (TPSA) is 34.1 Å². The molecule has 0 aliphatic heterocycles. The molecule has 3 rings (SSSR count). The second-order valence-corrected chi connectivity index (χ2v) is 5.75. The summed E-state index contributed by atoms with van der Waals surface area (Å²) in [7, 11) is 1.73. The van der Waals surface area contributed by atoms with E-state index in [9.17, 15) is 0 Å². The quantitative estimate of drug-likeness (QED) is 0.874. The van der Waals surface area contributed by atoms with Gasteiger partial charge in [0, 0.05) is 24.1 Å². The SMILES string of the molecule is COCCc1ccc(-c2csc(NC3CC3)n2)cc1. The zero-order valence-electron chi connectivity index (χ0n) is 11.1. The van der Waals surface area contributed by atoms with Crippen molar-refractivity contribution in [3.05, 3.63) is 35.2 Å². The molecule has 0 radical (unpaired) electrons. The molecule has 0 amide bonds. The first-order valence-electron chi connectivity index (χ1n) is 6.65. The number of hydrogen-bond donors (Lipinski definition) is 1. The number of anilines is 1. The number of aromatic nitrogens is 1. The van der Waals surface area contributed by atoms with Crippen molar-refractivity contribution in [2.45, 2.75) is 25.3 Å². The van der Waals surface area contributed by atoms with Crippen LogP contribution >= 0.6 is 11.3 Å². The van der Waals surface area contributed by atoms with Crippen LogP contribution in [0.2, 0.25) is 0 Å². The summed E-state index contributed by atoms with van der Waals surface area (Å²) in [4.78, 5) is 4.64. The number of hydrogen-bond acceptors (Lipinski definition) is 4. The predicted molar refractivity (Wildman–Crippen MR) is 79.8 cm³/mol. The molecule has 1 saturated carbocycles. The molecule has 0 atom stereocenters. The third-order valence-corrected chi connectivity index (χ3v) is 4.03. The fourth-order valence-electron chi connectivity index (χ4n) is 1.94. The van der Waals surface area contributed by atoms with E-state index in [2.05, 4.69) is 39.9 Å². The Balaban J connectivity index is 1.68. The molecule has 1 aromatic carbocycles. The lowest BCUT2D eigenvalue weighted by Crippen LogP contribution is -1.99. The second kappa shape index (κ2) is 5.72. The number of nitrogens with one attached hydrogen (secondary N) is 1. The van der Waals surface area contributed by atoms with Crippen molar-refractivity contribution in [2.75, 3.05) is 19.0 Å². The Bertz CT molecular complexity index is 531.